The highest BCUT2D eigenvalue weighted by Gasteiger charge is 2.23. The van der Waals surface area contributed by atoms with Crippen molar-refractivity contribution in [2.45, 2.75) is 46.6 Å². The molecule has 0 atom stereocenters. The van der Waals surface area contributed by atoms with E-state index in [2.05, 4.69) is 13.8 Å². The molecule has 0 aromatic rings. The molecule has 2 amide bonds. The van der Waals surface area contributed by atoms with Gasteiger partial charge in [-0.05, 0) is 26.2 Å². The average Bonchev–Trinajstić information content (AvgIpc) is 2.37. The third-order valence-electron chi connectivity index (χ3n) is 3.08. The van der Waals surface area contributed by atoms with Crippen molar-refractivity contribution < 1.29 is 19.4 Å². The van der Waals surface area contributed by atoms with Gasteiger partial charge in [0.1, 0.15) is 0 Å². The maximum absolute atomic E-state index is 12.7. The van der Waals surface area contributed by atoms with Crippen LogP contribution in [0.1, 0.15) is 40.5 Å². The van der Waals surface area contributed by atoms with Crippen molar-refractivity contribution in [2.75, 3.05) is 33.4 Å². The lowest BCUT2D eigenvalue weighted by Gasteiger charge is -2.34. The van der Waals surface area contributed by atoms with E-state index in [9.17, 15) is 9.59 Å². The highest BCUT2D eigenvalue weighted by Crippen LogP contribution is 2.09. The van der Waals surface area contributed by atoms with Crippen LogP contribution < -0.4 is 0 Å². The number of ether oxygens (including phenoxy) is 1. The van der Waals surface area contributed by atoms with Gasteiger partial charge in [0.2, 0.25) is 0 Å². The van der Waals surface area contributed by atoms with Crippen LogP contribution in [-0.2, 0) is 9.53 Å². The maximum Gasteiger partial charge on any atom is 0.320 e. The lowest BCUT2D eigenvalue weighted by molar-refractivity contribution is -0.137. The summed E-state index contributed by atoms with van der Waals surface area (Å²) in [5.74, 6) is -0.455. The van der Waals surface area contributed by atoms with Crippen LogP contribution in [0.4, 0.5) is 4.79 Å². The number of carbonyl (C=O) groups is 2. The summed E-state index contributed by atoms with van der Waals surface area (Å²) in [7, 11) is 1.62. The van der Waals surface area contributed by atoms with Crippen LogP contribution in [0.25, 0.3) is 0 Å². The van der Waals surface area contributed by atoms with E-state index in [-0.39, 0.29) is 18.5 Å². The Morgan fingerprint density at radius 3 is 2.19 bits per heavy atom. The first-order valence-corrected chi connectivity index (χ1v) is 7.55. The van der Waals surface area contributed by atoms with Gasteiger partial charge in [-0.15, -0.1) is 0 Å². The molecule has 0 unspecified atom stereocenters. The molecule has 0 bridgehead atoms. The van der Waals surface area contributed by atoms with Crippen LogP contribution >= 0.6 is 0 Å². The Morgan fingerprint density at radius 2 is 1.76 bits per heavy atom. The summed E-state index contributed by atoms with van der Waals surface area (Å²) in [5.41, 5.74) is 0. The van der Waals surface area contributed by atoms with E-state index < -0.39 is 5.97 Å². The monoisotopic (exact) mass is 302 g/mol. The molecule has 0 spiro atoms. The molecule has 0 rings (SSSR count). The summed E-state index contributed by atoms with van der Waals surface area (Å²) in [4.78, 5) is 26.8. The van der Waals surface area contributed by atoms with Crippen molar-refractivity contribution in [3.8, 4) is 0 Å². The number of methoxy groups -OCH3 is 1. The van der Waals surface area contributed by atoms with Gasteiger partial charge in [-0.2, -0.15) is 0 Å². The number of carbonyl (C=O) groups excluding carboxylic acids is 1. The molecule has 0 saturated heterocycles. The number of carboxylic acids is 1. The lowest BCUT2D eigenvalue weighted by atomic mass is 10.2. The second-order valence-electron chi connectivity index (χ2n) is 5.90. The Morgan fingerprint density at radius 1 is 1.14 bits per heavy atom. The minimum Gasteiger partial charge on any atom is -0.481 e. The Labute approximate surface area is 128 Å². The first-order valence-electron chi connectivity index (χ1n) is 7.55. The third-order valence-corrected chi connectivity index (χ3v) is 3.08. The number of rotatable bonds is 10. The van der Waals surface area contributed by atoms with E-state index >= 15 is 0 Å². The van der Waals surface area contributed by atoms with E-state index in [0.717, 1.165) is 0 Å². The molecule has 0 heterocycles. The molecule has 0 fully saturated rings. The van der Waals surface area contributed by atoms with Gasteiger partial charge in [0.05, 0.1) is 6.61 Å². The normalized spacial score (nSPS) is 11.0. The first-order chi connectivity index (χ1) is 9.79. The second kappa shape index (κ2) is 10.4. The van der Waals surface area contributed by atoms with Crippen molar-refractivity contribution in [3.63, 3.8) is 0 Å². The zero-order chi connectivity index (χ0) is 16.4. The van der Waals surface area contributed by atoms with Gasteiger partial charge in [0.15, 0.2) is 0 Å². The molecule has 0 aliphatic carbocycles. The van der Waals surface area contributed by atoms with Crippen molar-refractivity contribution in [2.24, 2.45) is 5.92 Å². The van der Waals surface area contributed by atoms with Crippen LogP contribution in [0.2, 0.25) is 0 Å². The number of urea groups is 1. The Kier molecular flexibility index (Phi) is 9.78. The van der Waals surface area contributed by atoms with E-state index in [1.807, 2.05) is 13.8 Å². The Bertz CT molecular complexity index is 319. The predicted octanol–water partition coefficient (Wildman–Crippen LogP) is 2.29. The summed E-state index contributed by atoms with van der Waals surface area (Å²) < 4.78 is 5.07. The average molecular weight is 302 g/mol. The molecule has 124 valence electrons. The standard InChI is InChI=1S/C15H30N2O4/c1-12(2)11-16(9-10-21-5)15(20)17(13(3)4)8-6-7-14(18)19/h12-13H,6-11H2,1-5H3,(H,18,19). The zero-order valence-electron chi connectivity index (χ0n) is 14.0. The zero-order valence-corrected chi connectivity index (χ0v) is 14.0. The molecule has 1 N–H and O–H groups in total. The van der Waals surface area contributed by atoms with Gasteiger partial charge in [0, 0.05) is 39.2 Å². The first kappa shape index (κ1) is 19.7. The van der Waals surface area contributed by atoms with E-state index in [4.69, 9.17) is 9.84 Å². The summed E-state index contributed by atoms with van der Waals surface area (Å²) in [6.45, 7) is 10.2. The topological polar surface area (TPSA) is 70.1 Å². The Hall–Kier alpha value is -1.30. The summed E-state index contributed by atoms with van der Waals surface area (Å²) in [5, 5.41) is 8.72. The van der Waals surface area contributed by atoms with E-state index in [1.54, 1.807) is 16.9 Å². The highest BCUT2D eigenvalue weighted by atomic mass is 16.5. The number of nitrogens with zero attached hydrogens (tertiary/aromatic N) is 2. The molecular weight excluding hydrogens is 272 g/mol. The van der Waals surface area contributed by atoms with Crippen LogP contribution in [-0.4, -0.2) is 66.3 Å². The quantitative estimate of drug-likeness (QED) is 0.672. The predicted molar refractivity (Wildman–Crippen MR) is 82.4 cm³/mol. The van der Waals surface area contributed by atoms with Crippen LogP contribution in [0, 0.1) is 5.92 Å². The summed E-state index contributed by atoms with van der Waals surface area (Å²) in [6.07, 6.45) is 0.553. The number of carboxylic acid groups (broad SMARTS) is 1. The Balaban J connectivity index is 4.72. The second-order valence-corrected chi connectivity index (χ2v) is 5.90. The minimum absolute atomic E-state index is 0.0406. The van der Waals surface area contributed by atoms with E-state index in [0.29, 0.717) is 38.6 Å². The van der Waals surface area contributed by atoms with Crippen molar-refractivity contribution in [3.05, 3.63) is 0 Å². The molecule has 0 aliphatic rings. The van der Waals surface area contributed by atoms with Crippen molar-refractivity contribution in [1.82, 2.24) is 9.80 Å². The SMILES string of the molecule is COCCN(CC(C)C)C(=O)N(CCCC(=O)O)C(C)C. The number of hydrogen-bond acceptors (Lipinski definition) is 3. The fraction of sp³-hybridized carbons (Fsp3) is 0.867. The third kappa shape index (κ3) is 8.55. The number of aliphatic carboxylic acids is 1. The van der Waals surface area contributed by atoms with Gasteiger partial charge >= 0.3 is 12.0 Å². The van der Waals surface area contributed by atoms with Gasteiger partial charge in [-0.1, -0.05) is 13.8 Å². The number of hydrogen-bond donors (Lipinski definition) is 1. The number of amides is 2. The summed E-state index contributed by atoms with van der Waals surface area (Å²) >= 11 is 0. The highest BCUT2D eigenvalue weighted by molar-refractivity contribution is 5.75. The molecule has 0 radical (unpaired) electrons. The van der Waals surface area contributed by atoms with Crippen LogP contribution in [0.5, 0.6) is 0 Å². The van der Waals surface area contributed by atoms with Gasteiger partial charge in [-0.25, -0.2) is 4.79 Å². The fourth-order valence-corrected chi connectivity index (χ4v) is 2.06. The molecule has 0 aromatic heterocycles. The molecule has 21 heavy (non-hydrogen) atoms. The molecule has 0 saturated carbocycles. The van der Waals surface area contributed by atoms with Gasteiger partial charge in [0.25, 0.3) is 0 Å². The van der Waals surface area contributed by atoms with Crippen molar-refractivity contribution >= 4 is 12.0 Å². The van der Waals surface area contributed by atoms with Crippen molar-refractivity contribution in [1.29, 1.82) is 0 Å². The minimum atomic E-state index is -0.829. The lowest BCUT2D eigenvalue weighted by Crippen LogP contribution is -2.49. The van der Waals surface area contributed by atoms with Gasteiger partial charge in [-0.3, -0.25) is 4.79 Å². The molecule has 6 nitrogen and oxygen atoms in total. The molecule has 0 aliphatic heterocycles. The summed E-state index contributed by atoms with van der Waals surface area (Å²) in [6, 6.07) is 0.00430. The smallest absolute Gasteiger partial charge is 0.320 e. The largest absolute Gasteiger partial charge is 0.481 e. The van der Waals surface area contributed by atoms with Gasteiger partial charge < -0.3 is 19.6 Å². The maximum atomic E-state index is 12.7. The van der Waals surface area contributed by atoms with E-state index in [1.165, 1.54) is 0 Å². The fourth-order valence-electron chi connectivity index (χ4n) is 2.06. The molecule has 6 heteroatoms. The molecular formula is C15H30N2O4. The molecule has 0 aromatic carbocycles. The van der Waals surface area contributed by atoms with Crippen LogP contribution in [0.15, 0.2) is 0 Å². The van der Waals surface area contributed by atoms with Crippen LogP contribution in [0.3, 0.4) is 0 Å².